The van der Waals surface area contributed by atoms with Crippen molar-refractivity contribution in [1.29, 1.82) is 0 Å². The molecule has 0 aliphatic heterocycles. The molecular formula is C33H43N7O2. The van der Waals surface area contributed by atoms with E-state index in [9.17, 15) is 9.59 Å². The van der Waals surface area contributed by atoms with Crippen LogP contribution in [0.4, 0.5) is 9.59 Å². The van der Waals surface area contributed by atoms with Crippen LogP contribution in [0.5, 0.6) is 0 Å². The van der Waals surface area contributed by atoms with Gasteiger partial charge in [0, 0.05) is 26.2 Å². The predicted molar refractivity (Wildman–Crippen MR) is 168 cm³/mol. The Labute approximate surface area is 248 Å². The summed E-state index contributed by atoms with van der Waals surface area (Å²) < 4.78 is 0. The maximum absolute atomic E-state index is 12.9. The van der Waals surface area contributed by atoms with Crippen LogP contribution in [0.3, 0.4) is 0 Å². The second-order valence-corrected chi connectivity index (χ2v) is 11.0. The van der Waals surface area contributed by atoms with E-state index in [0.717, 1.165) is 48.8 Å². The molecular weight excluding hydrogens is 526 g/mol. The fourth-order valence-electron chi connectivity index (χ4n) is 5.46. The maximum Gasteiger partial charge on any atom is 0.321 e. The quantitative estimate of drug-likeness (QED) is 0.151. The summed E-state index contributed by atoms with van der Waals surface area (Å²) in [5.41, 5.74) is 15.9. The van der Waals surface area contributed by atoms with E-state index in [-0.39, 0.29) is 18.0 Å². The topological polar surface area (TPSA) is 147 Å². The molecule has 1 saturated carbocycles. The van der Waals surface area contributed by atoms with Gasteiger partial charge in [-0.1, -0.05) is 91.3 Å². The smallest absolute Gasteiger partial charge is 0.321 e. The number of nitrogens with zero attached hydrogens (tertiary/aromatic N) is 1. The molecule has 0 radical (unpaired) electrons. The Balaban J connectivity index is 1.19. The van der Waals surface area contributed by atoms with E-state index in [0.29, 0.717) is 38.0 Å². The fraction of sp³-hybridized carbons (Fsp3) is 0.364. The second-order valence-electron chi connectivity index (χ2n) is 11.0. The van der Waals surface area contributed by atoms with Gasteiger partial charge in [0.15, 0.2) is 5.96 Å². The summed E-state index contributed by atoms with van der Waals surface area (Å²) in [6.45, 7) is 1.98. The molecule has 0 aromatic heterocycles. The Morgan fingerprint density at radius 3 is 2.29 bits per heavy atom. The molecule has 3 aromatic carbocycles. The van der Waals surface area contributed by atoms with Gasteiger partial charge < -0.3 is 27.4 Å². The summed E-state index contributed by atoms with van der Waals surface area (Å²) in [7, 11) is 0. The summed E-state index contributed by atoms with van der Waals surface area (Å²) in [5, 5.41) is 11.7. The van der Waals surface area contributed by atoms with E-state index in [1.807, 2.05) is 72.8 Å². The van der Waals surface area contributed by atoms with Crippen molar-refractivity contribution in [2.75, 3.05) is 13.1 Å². The third kappa shape index (κ3) is 10.2. The molecule has 3 unspecified atom stereocenters. The number of rotatable bonds is 11. The average molecular weight is 570 g/mol. The predicted octanol–water partition coefficient (Wildman–Crippen LogP) is 4.35. The molecule has 0 saturated heterocycles. The number of carbonyl (C=O) groups excluding carboxylic acids is 2. The van der Waals surface area contributed by atoms with Crippen molar-refractivity contribution < 1.29 is 9.59 Å². The van der Waals surface area contributed by atoms with Crippen LogP contribution in [-0.4, -0.2) is 31.1 Å². The Hall–Kier alpha value is -4.37. The Morgan fingerprint density at radius 1 is 0.833 bits per heavy atom. The van der Waals surface area contributed by atoms with Gasteiger partial charge in [0.05, 0.1) is 6.04 Å². The van der Waals surface area contributed by atoms with E-state index in [1.165, 1.54) is 5.56 Å². The first-order valence-corrected chi connectivity index (χ1v) is 14.7. The van der Waals surface area contributed by atoms with Crippen molar-refractivity contribution in [2.45, 2.75) is 51.2 Å². The summed E-state index contributed by atoms with van der Waals surface area (Å²) in [6, 6.07) is 27.3. The molecule has 9 heteroatoms. The first kappa shape index (κ1) is 30.6. The van der Waals surface area contributed by atoms with Crippen molar-refractivity contribution in [3.8, 4) is 0 Å². The number of urea groups is 2. The number of benzene rings is 3. The minimum Gasteiger partial charge on any atom is -0.370 e. The summed E-state index contributed by atoms with van der Waals surface area (Å²) in [4.78, 5) is 29.6. The Bertz CT molecular complexity index is 1300. The summed E-state index contributed by atoms with van der Waals surface area (Å²) in [6.07, 6.45) is 4.86. The van der Waals surface area contributed by atoms with E-state index < -0.39 is 6.03 Å². The van der Waals surface area contributed by atoms with Gasteiger partial charge in [-0.2, -0.15) is 0 Å². The molecule has 0 heterocycles. The zero-order valence-corrected chi connectivity index (χ0v) is 24.1. The molecule has 3 aromatic rings. The van der Waals surface area contributed by atoms with E-state index in [2.05, 4.69) is 38.4 Å². The highest BCUT2D eigenvalue weighted by Gasteiger charge is 2.23. The number of aliphatic imine (C=N–C) groups is 1. The fourth-order valence-corrected chi connectivity index (χ4v) is 5.46. The highest BCUT2D eigenvalue weighted by Crippen LogP contribution is 2.29. The molecule has 3 atom stereocenters. The number of nitrogens with two attached hydrogens (primary N) is 2. The number of carbonyl (C=O) groups is 2. The number of hydrogen-bond donors (Lipinski definition) is 6. The summed E-state index contributed by atoms with van der Waals surface area (Å²) in [5.74, 6) is 0.829. The monoisotopic (exact) mass is 569 g/mol. The zero-order chi connectivity index (χ0) is 29.6. The van der Waals surface area contributed by atoms with Crippen LogP contribution in [0.15, 0.2) is 89.9 Å². The molecule has 0 spiro atoms. The Morgan fingerprint density at radius 2 is 1.52 bits per heavy atom. The molecule has 222 valence electrons. The van der Waals surface area contributed by atoms with Gasteiger partial charge in [0.2, 0.25) is 0 Å². The van der Waals surface area contributed by atoms with E-state index in [1.54, 1.807) is 0 Å². The Kier molecular flexibility index (Phi) is 11.8. The van der Waals surface area contributed by atoms with Crippen LogP contribution in [0.2, 0.25) is 0 Å². The largest absolute Gasteiger partial charge is 0.370 e. The molecule has 1 aliphatic rings. The van der Waals surface area contributed by atoms with Crippen LogP contribution < -0.4 is 32.7 Å². The minimum absolute atomic E-state index is 0.105. The van der Waals surface area contributed by atoms with Gasteiger partial charge in [-0.25, -0.2) is 9.59 Å². The third-order valence-corrected chi connectivity index (χ3v) is 7.67. The number of amides is 4. The average Bonchev–Trinajstić information content (AvgIpc) is 3.03. The molecule has 4 rings (SSSR count). The molecule has 8 N–H and O–H groups in total. The first-order valence-electron chi connectivity index (χ1n) is 14.7. The lowest BCUT2D eigenvalue weighted by Crippen LogP contribution is -2.43. The van der Waals surface area contributed by atoms with E-state index >= 15 is 0 Å². The molecule has 4 amide bonds. The standard InChI is InChI=1S/C33H43N7O2/c34-20-25-11-7-12-26(17-25)22-38-33(42)40-31(35)36-21-27-13-8-14-28(18-27)23-37-32(41)39-30(29-15-5-2-6-16-29)19-24-9-3-1-4-10-24/h1-7,9-12,15-17,27-28,30H,8,13-14,18-23,34H2,(H2,37,39,41)(H4,35,36,38,40,42). The molecule has 1 fully saturated rings. The van der Waals surface area contributed by atoms with Crippen molar-refractivity contribution in [2.24, 2.45) is 28.3 Å². The SMILES string of the molecule is NCc1cccc(CNC(=O)NC(N)=NCC2CCCC(CNC(=O)NC(Cc3ccccc3)c3ccccc3)C2)c1. The highest BCUT2D eigenvalue weighted by atomic mass is 16.2. The van der Waals surface area contributed by atoms with Gasteiger partial charge in [-0.3, -0.25) is 10.3 Å². The lowest BCUT2D eigenvalue weighted by atomic mass is 9.81. The van der Waals surface area contributed by atoms with Crippen LogP contribution in [0.25, 0.3) is 0 Å². The van der Waals surface area contributed by atoms with Crippen molar-refractivity contribution in [1.82, 2.24) is 21.3 Å². The molecule has 1 aliphatic carbocycles. The van der Waals surface area contributed by atoms with Gasteiger partial charge in [-0.15, -0.1) is 0 Å². The maximum atomic E-state index is 12.9. The number of hydrogen-bond acceptors (Lipinski definition) is 4. The van der Waals surface area contributed by atoms with Crippen molar-refractivity contribution in [3.05, 3.63) is 107 Å². The number of nitrogens with one attached hydrogen (secondary N) is 4. The molecule has 9 nitrogen and oxygen atoms in total. The number of guanidine groups is 1. The normalized spacial score (nSPS) is 17.6. The van der Waals surface area contributed by atoms with Gasteiger partial charge in [0.1, 0.15) is 0 Å². The molecule has 42 heavy (non-hydrogen) atoms. The lowest BCUT2D eigenvalue weighted by Gasteiger charge is -2.29. The van der Waals surface area contributed by atoms with Crippen molar-refractivity contribution in [3.63, 3.8) is 0 Å². The van der Waals surface area contributed by atoms with Gasteiger partial charge in [-0.05, 0) is 59.8 Å². The van der Waals surface area contributed by atoms with E-state index in [4.69, 9.17) is 11.5 Å². The summed E-state index contributed by atoms with van der Waals surface area (Å²) >= 11 is 0. The zero-order valence-electron chi connectivity index (χ0n) is 24.1. The van der Waals surface area contributed by atoms with Crippen LogP contribution in [0.1, 0.15) is 54.0 Å². The molecule has 0 bridgehead atoms. The van der Waals surface area contributed by atoms with Gasteiger partial charge in [0.25, 0.3) is 0 Å². The second kappa shape index (κ2) is 16.2. The minimum atomic E-state index is -0.396. The van der Waals surface area contributed by atoms with Crippen LogP contribution in [-0.2, 0) is 19.5 Å². The highest BCUT2D eigenvalue weighted by molar-refractivity contribution is 5.95. The van der Waals surface area contributed by atoms with Crippen LogP contribution in [0, 0.1) is 11.8 Å². The van der Waals surface area contributed by atoms with Crippen molar-refractivity contribution >= 4 is 18.0 Å². The van der Waals surface area contributed by atoms with Gasteiger partial charge >= 0.3 is 12.1 Å². The lowest BCUT2D eigenvalue weighted by molar-refractivity contribution is 0.226. The first-order chi connectivity index (χ1) is 20.5. The third-order valence-electron chi connectivity index (χ3n) is 7.67. The van der Waals surface area contributed by atoms with Crippen LogP contribution >= 0.6 is 0 Å².